The van der Waals surface area contributed by atoms with Gasteiger partial charge in [-0.2, -0.15) is 4.31 Å². The van der Waals surface area contributed by atoms with Crippen LogP contribution in [0.15, 0.2) is 47.4 Å². The molecule has 2 rings (SSSR count). The van der Waals surface area contributed by atoms with E-state index in [-0.39, 0.29) is 11.4 Å². The Morgan fingerprint density at radius 2 is 1.70 bits per heavy atom. The normalized spacial score (nSPS) is 11.3. The van der Waals surface area contributed by atoms with Crippen molar-refractivity contribution >= 4 is 15.9 Å². The smallest absolute Gasteiger partial charge is 0.258 e. The van der Waals surface area contributed by atoms with Gasteiger partial charge in [-0.3, -0.25) is 10.0 Å². The van der Waals surface area contributed by atoms with Crippen LogP contribution >= 0.6 is 0 Å². The minimum Gasteiger partial charge on any atom is -0.493 e. The van der Waals surface area contributed by atoms with Gasteiger partial charge in [0.05, 0.1) is 25.7 Å². The number of rotatable bonds is 8. The van der Waals surface area contributed by atoms with Gasteiger partial charge in [0.25, 0.3) is 5.91 Å². The Bertz CT molecular complexity index is 897. The molecule has 0 aliphatic carbocycles. The summed E-state index contributed by atoms with van der Waals surface area (Å²) in [4.78, 5) is 11.7. The molecule has 0 aliphatic heterocycles. The van der Waals surface area contributed by atoms with Crippen molar-refractivity contribution in [3.63, 3.8) is 0 Å². The number of nitrogens with one attached hydrogen (secondary N) is 1. The number of benzene rings is 2. The van der Waals surface area contributed by atoms with Crippen LogP contribution in [0.2, 0.25) is 0 Å². The van der Waals surface area contributed by atoms with E-state index in [9.17, 15) is 13.2 Å². The Hall–Kier alpha value is -2.62. The van der Waals surface area contributed by atoms with Crippen molar-refractivity contribution in [2.45, 2.75) is 18.4 Å². The Morgan fingerprint density at radius 1 is 1.07 bits per heavy atom. The van der Waals surface area contributed by atoms with E-state index in [4.69, 9.17) is 14.7 Å². The predicted octanol–water partition coefficient (Wildman–Crippen LogP) is 1.71. The van der Waals surface area contributed by atoms with E-state index in [0.717, 1.165) is 9.87 Å². The van der Waals surface area contributed by atoms with Crippen LogP contribution in [-0.2, 0) is 21.4 Å². The molecule has 0 spiro atoms. The van der Waals surface area contributed by atoms with Gasteiger partial charge in [0.2, 0.25) is 10.0 Å². The standard InChI is InChI=1S/C18H22N2O6S/c1-13-4-7-15(8-5-13)27(23,24)20(12-18(21)19-22)11-14-6-9-16(25-2)17(10-14)26-3/h4-10,22H,11-12H2,1-3H3,(H,19,21). The summed E-state index contributed by atoms with van der Waals surface area (Å²) >= 11 is 0. The lowest BCUT2D eigenvalue weighted by atomic mass is 10.2. The van der Waals surface area contributed by atoms with E-state index in [1.807, 2.05) is 6.92 Å². The predicted molar refractivity (Wildman–Crippen MR) is 98.3 cm³/mol. The SMILES string of the molecule is COc1ccc(CN(CC(=O)NO)S(=O)(=O)c2ccc(C)cc2)cc1OC. The summed E-state index contributed by atoms with van der Waals surface area (Å²) in [5, 5.41) is 8.82. The molecule has 0 saturated carbocycles. The molecule has 9 heteroatoms. The van der Waals surface area contributed by atoms with Crippen molar-refractivity contribution in [3.8, 4) is 11.5 Å². The first kappa shape index (κ1) is 20.7. The number of ether oxygens (including phenoxy) is 2. The first-order valence-electron chi connectivity index (χ1n) is 8.02. The fraction of sp³-hybridized carbons (Fsp3) is 0.278. The van der Waals surface area contributed by atoms with Crippen molar-refractivity contribution in [1.29, 1.82) is 0 Å². The quantitative estimate of drug-likeness (QED) is 0.522. The molecule has 27 heavy (non-hydrogen) atoms. The van der Waals surface area contributed by atoms with Crippen molar-refractivity contribution < 1.29 is 27.9 Å². The molecule has 0 aromatic heterocycles. The average molecular weight is 394 g/mol. The van der Waals surface area contributed by atoms with Crippen molar-refractivity contribution in [2.24, 2.45) is 0 Å². The van der Waals surface area contributed by atoms with Crippen LogP contribution < -0.4 is 15.0 Å². The zero-order chi connectivity index (χ0) is 20.0. The topological polar surface area (TPSA) is 105 Å². The third-order valence-electron chi connectivity index (χ3n) is 3.91. The number of carbonyl (C=O) groups is 1. The number of hydrogen-bond donors (Lipinski definition) is 2. The maximum atomic E-state index is 13.0. The minimum atomic E-state index is -3.97. The molecule has 1 amide bonds. The molecule has 2 N–H and O–H groups in total. The summed E-state index contributed by atoms with van der Waals surface area (Å²) in [5.74, 6) is 0.0998. The zero-order valence-corrected chi connectivity index (χ0v) is 16.1. The van der Waals surface area contributed by atoms with Gasteiger partial charge in [0.1, 0.15) is 0 Å². The molecule has 0 atom stereocenters. The second-order valence-electron chi connectivity index (χ2n) is 5.81. The second-order valence-corrected chi connectivity index (χ2v) is 7.75. The highest BCUT2D eigenvalue weighted by Gasteiger charge is 2.27. The summed E-state index contributed by atoms with van der Waals surface area (Å²) in [7, 11) is -0.996. The molecule has 2 aromatic rings. The summed E-state index contributed by atoms with van der Waals surface area (Å²) < 4.78 is 37.4. The van der Waals surface area contributed by atoms with Crippen molar-refractivity contribution in [1.82, 2.24) is 9.79 Å². The Labute approximate surface area is 158 Å². The molecule has 0 radical (unpaired) electrons. The summed E-state index contributed by atoms with van der Waals surface area (Å²) in [5.41, 5.74) is 2.97. The Morgan fingerprint density at radius 3 is 2.26 bits per heavy atom. The van der Waals surface area contributed by atoms with Crippen LogP contribution in [0.1, 0.15) is 11.1 Å². The van der Waals surface area contributed by atoms with Gasteiger partial charge in [-0.15, -0.1) is 0 Å². The number of nitrogens with zero attached hydrogens (tertiary/aromatic N) is 1. The van der Waals surface area contributed by atoms with Crippen LogP contribution in [0.5, 0.6) is 11.5 Å². The van der Waals surface area contributed by atoms with Crippen LogP contribution in [0.25, 0.3) is 0 Å². The van der Waals surface area contributed by atoms with E-state index in [1.165, 1.54) is 31.8 Å². The Kier molecular flexibility index (Phi) is 6.78. The number of aryl methyl sites for hydroxylation is 1. The average Bonchev–Trinajstić information content (AvgIpc) is 2.67. The zero-order valence-electron chi connectivity index (χ0n) is 15.3. The fourth-order valence-corrected chi connectivity index (χ4v) is 3.85. The number of carbonyl (C=O) groups excluding carboxylic acids is 1. The van der Waals surface area contributed by atoms with E-state index in [0.29, 0.717) is 17.1 Å². The van der Waals surface area contributed by atoms with E-state index >= 15 is 0 Å². The Balaban J connectivity index is 2.40. The van der Waals surface area contributed by atoms with E-state index in [1.54, 1.807) is 30.3 Å². The molecule has 146 valence electrons. The van der Waals surface area contributed by atoms with Crippen LogP contribution in [0.4, 0.5) is 0 Å². The monoisotopic (exact) mass is 394 g/mol. The molecule has 0 saturated heterocycles. The van der Waals surface area contributed by atoms with Gasteiger partial charge in [-0.1, -0.05) is 23.8 Å². The van der Waals surface area contributed by atoms with Crippen LogP contribution in [-0.4, -0.2) is 44.6 Å². The third kappa shape index (κ3) is 4.97. The van der Waals surface area contributed by atoms with Gasteiger partial charge in [0, 0.05) is 6.54 Å². The van der Waals surface area contributed by atoms with Gasteiger partial charge in [0.15, 0.2) is 11.5 Å². The first-order chi connectivity index (χ1) is 12.8. The van der Waals surface area contributed by atoms with E-state index < -0.39 is 22.5 Å². The molecule has 0 bridgehead atoms. The summed E-state index contributed by atoms with van der Waals surface area (Å²) in [6.07, 6.45) is 0. The number of sulfonamides is 1. The number of hydrogen-bond acceptors (Lipinski definition) is 6. The molecule has 0 aliphatic rings. The van der Waals surface area contributed by atoms with Gasteiger partial charge in [-0.25, -0.2) is 13.9 Å². The highest BCUT2D eigenvalue weighted by molar-refractivity contribution is 7.89. The molecule has 2 aromatic carbocycles. The van der Waals surface area contributed by atoms with Crippen LogP contribution in [0, 0.1) is 6.92 Å². The highest BCUT2D eigenvalue weighted by Crippen LogP contribution is 2.29. The number of amides is 1. The first-order valence-corrected chi connectivity index (χ1v) is 9.46. The third-order valence-corrected chi connectivity index (χ3v) is 5.72. The van der Waals surface area contributed by atoms with Gasteiger partial charge >= 0.3 is 0 Å². The lowest BCUT2D eigenvalue weighted by molar-refractivity contribution is -0.129. The van der Waals surface area contributed by atoms with Gasteiger partial charge < -0.3 is 9.47 Å². The van der Waals surface area contributed by atoms with Crippen molar-refractivity contribution in [3.05, 3.63) is 53.6 Å². The molecular weight excluding hydrogens is 372 g/mol. The minimum absolute atomic E-state index is 0.0549. The molecule has 0 fully saturated rings. The van der Waals surface area contributed by atoms with Crippen LogP contribution in [0.3, 0.4) is 0 Å². The molecular formula is C18H22N2O6S. The lowest BCUT2D eigenvalue weighted by Gasteiger charge is -2.22. The largest absolute Gasteiger partial charge is 0.493 e. The second kappa shape index (κ2) is 8.85. The van der Waals surface area contributed by atoms with Gasteiger partial charge in [-0.05, 0) is 36.8 Å². The number of hydroxylamine groups is 1. The maximum Gasteiger partial charge on any atom is 0.258 e. The highest BCUT2D eigenvalue weighted by atomic mass is 32.2. The lowest BCUT2D eigenvalue weighted by Crippen LogP contribution is -2.39. The molecule has 0 heterocycles. The maximum absolute atomic E-state index is 13.0. The summed E-state index contributed by atoms with van der Waals surface area (Å²) in [6.45, 7) is 1.21. The van der Waals surface area contributed by atoms with Crippen molar-refractivity contribution in [2.75, 3.05) is 20.8 Å². The molecule has 0 unspecified atom stereocenters. The molecule has 8 nitrogen and oxygen atoms in total. The summed E-state index contributed by atoms with van der Waals surface area (Å²) in [6, 6.07) is 11.3. The fourth-order valence-electron chi connectivity index (χ4n) is 2.46. The van der Waals surface area contributed by atoms with E-state index in [2.05, 4.69) is 0 Å². The number of methoxy groups -OCH3 is 2.